The van der Waals surface area contributed by atoms with E-state index in [-0.39, 0.29) is 11.9 Å². The maximum atomic E-state index is 12.9. The highest BCUT2D eigenvalue weighted by molar-refractivity contribution is 5.19. The first kappa shape index (κ1) is 16.1. The molecule has 0 amide bonds. The third kappa shape index (κ3) is 6.14. The number of likely N-dealkylation sites (N-methyl/N-ethyl adjacent to an activating group) is 2. The van der Waals surface area contributed by atoms with Gasteiger partial charge in [0, 0.05) is 19.1 Å². The molecule has 0 radical (unpaired) electrons. The summed E-state index contributed by atoms with van der Waals surface area (Å²) in [5.41, 5.74) is 1.14. The smallest absolute Gasteiger partial charge is 0.123 e. The van der Waals surface area contributed by atoms with Crippen molar-refractivity contribution >= 4 is 0 Å². The lowest BCUT2D eigenvalue weighted by atomic mass is 10.0. The van der Waals surface area contributed by atoms with Crippen LogP contribution in [0.1, 0.15) is 18.0 Å². The fourth-order valence-electron chi connectivity index (χ4n) is 2.00. The number of rotatable bonds is 8. The molecule has 19 heavy (non-hydrogen) atoms. The summed E-state index contributed by atoms with van der Waals surface area (Å²) in [6, 6.07) is 7.04. The van der Waals surface area contributed by atoms with E-state index in [1.807, 2.05) is 19.2 Å². The Hall–Kier alpha value is -0.970. The Labute approximate surface area is 116 Å². The third-order valence-electron chi connectivity index (χ3n) is 3.35. The first-order valence-electron chi connectivity index (χ1n) is 6.79. The van der Waals surface area contributed by atoms with Gasteiger partial charge in [-0.15, -0.1) is 0 Å². The van der Waals surface area contributed by atoms with Crippen LogP contribution < -0.4 is 5.32 Å². The van der Waals surface area contributed by atoms with Crippen molar-refractivity contribution in [1.29, 1.82) is 0 Å². The van der Waals surface area contributed by atoms with E-state index in [0.29, 0.717) is 0 Å². The SMILES string of the molecule is CNC(CCN(C)CCN(C)C)c1ccc(F)cc1. The summed E-state index contributed by atoms with van der Waals surface area (Å²) in [5, 5.41) is 3.30. The predicted octanol–water partition coefficient (Wildman–Crippen LogP) is 1.97. The van der Waals surface area contributed by atoms with Gasteiger partial charge in [0.15, 0.2) is 0 Å². The van der Waals surface area contributed by atoms with Gasteiger partial charge in [-0.2, -0.15) is 0 Å². The van der Waals surface area contributed by atoms with Crippen molar-refractivity contribution in [2.75, 3.05) is 47.8 Å². The van der Waals surface area contributed by atoms with Gasteiger partial charge >= 0.3 is 0 Å². The van der Waals surface area contributed by atoms with Crippen LogP contribution in [0.4, 0.5) is 4.39 Å². The van der Waals surface area contributed by atoms with Crippen LogP contribution in [-0.2, 0) is 0 Å². The molecule has 0 heterocycles. The molecular formula is C15H26FN3. The highest BCUT2D eigenvalue weighted by Gasteiger charge is 2.10. The van der Waals surface area contributed by atoms with Crippen molar-refractivity contribution in [3.05, 3.63) is 35.6 Å². The van der Waals surface area contributed by atoms with Crippen LogP contribution in [0.2, 0.25) is 0 Å². The Morgan fingerprint density at radius 3 is 2.21 bits per heavy atom. The molecule has 108 valence electrons. The largest absolute Gasteiger partial charge is 0.313 e. The molecule has 3 nitrogen and oxygen atoms in total. The molecule has 0 spiro atoms. The van der Waals surface area contributed by atoms with Crippen LogP contribution >= 0.6 is 0 Å². The zero-order valence-electron chi connectivity index (χ0n) is 12.5. The molecular weight excluding hydrogens is 241 g/mol. The summed E-state index contributed by atoms with van der Waals surface area (Å²) >= 11 is 0. The molecule has 1 aromatic carbocycles. The highest BCUT2D eigenvalue weighted by Crippen LogP contribution is 2.17. The van der Waals surface area contributed by atoms with E-state index in [9.17, 15) is 4.39 Å². The second-order valence-electron chi connectivity index (χ2n) is 5.29. The van der Waals surface area contributed by atoms with Gasteiger partial charge in [0.05, 0.1) is 0 Å². The summed E-state index contributed by atoms with van der Waals surface area (Å²) < 4.78 is 12.9. The van der Waals surface area contributed by atoms with Gasteiger partial charge in [-0.3, -0.25) is 0 Å². The van der Waals surface area contributed by atoms with Crippen molar-refractivity contribution in [3.63, 3.8) is 0 Å². The second kappa shape index (κ2) is 8.25. The van der Waals surface area contributed by atoms with Crippen LogP contribution in [0.15, 0.2) is 24.3 Å². The Bertz CT molecular complexity index is 351. The Balaban J connectivity index is 2.42. The van der Waals surface area contributed by atoms with Gasteiger partial charge < -0.3 is 15.1 Å². The van der Waals surface area contributed by atoms with Gasteiger partial charge in [0.25, 0.3) is 0 Å². The van der Waals surface area contributed by atoms with Crippen LogP contribution in [-0.4, -0.2) is 57.6 Å². The summed E-state index contributed by atoms with van der Waals surface area (Å²) in [6.07, 6.45) is 1.02. The lowest BCUT2D eigenvalue weighted by Crippen LogP contribution is -2.31. The lowest BCUT2D eigenvalue weighted by Gasteiger charge is -2.23. The zero-order chi connectivity index (χ0) is 14.3. The molecule has 1 rings (SSSR count). The van der Waals surface area contributed by atoms with E-state index in [0.717, 1.165) is 31.6 Å². The molecule has 1 aromatic rings. The summed E-state index contributed by atoms with van der Waals surface area (Å²) in [4.78, 5) is 4.51. The minimum Gasteiger partial charge on any atom is -0.313 e. The van der Waals surface area contributed by atoms with E-state index < -0.39 is 0 Å². The molecule has 0 saturated heterocycles. The van der Waals surface area contributed by atoms with Crippen molar-refractivity contribution in [2.45, 2.75) is 12.5 Å². The normalized spacial score (nSPS) is 13.2. The summed E-state index contributed by atoms with van der Waals surface area (Å²) in [6.45, 7) is 3.15. The van der Waals surface area contributed by atoms with Crippen LogP contribution in [0.3, 0.4) is 0 Å². The van der Waals surface area contributed by atoms with Crippen molar-refractivity contribution < 1.29 is 4.39 Å². The Kier molecular flexibility index (Phi) is 6.99. The van der Waals surface area contributed by atoms with Gasteiger partial charge in [-0.1, -0.05) is 12.1 Å². The van der Waals surface area contributed by atoms with Crippen molar-refractivity contribution in [3.8, 4) is 0 Å². The minimum absolute atomic E-state index is 0.179. The monoisotopic (exact) mass is 267 g/mol. The highest BCUT2D eigenvalue weighted by atomic mass is 19.1. The molecule has 0 fully saturated rings. The number of benzene rings is 1. The minimum atomic E-state index is -0.179. The van der Waals surface area contributed by atoms with Crippen molar-refractivity contribution in [2.24, 2.45) is 0 Å². The van der Waals surface area contributed by atoms with Crippen molar-refractivity contribution in [1.82, 2.24) is 15.1 Å². The van der Waals surface area contributed by atoms with Gasteiger partial charge in [-0.05, 0) is 58.9 Å². The molecule has 0 aromatic heterocycles. The van der Waals surface area contributed by atoms with E-state index in [4.69, 9.17) is 0 Å². The first-order chi connectivity index (χ1) is 9.02. The fraction of sp³-hybridized carbons (Fsp3) is 0.600. The van der Waals surface area contributed by atoms with Gasteiger partial charge in [-0.25, -0.2) is 4.39 Å². The zero-order valence-corrected chi connectivity index (χ0v) is 12.5. The topological polar surface area (TPSA) is 18.5 Å². The average molecular weight is 267 g/mol. The molecule has 4 heteroatoms. The van der Waals surface area contributed by atoms with Gasteiger partial charge in [0.1, 0.15) is 5.82 Å². The molecule has 1 N–H and O–H groups in total. The Morgan fingerprint density at radius 1 is 1.05 bits per heavy atom. The first-order valence-corrected chi connectivity index (χ1v) is 6.79. The number of halogens is 1. The number of hydrogen-bond donors (Lipinski definition) is 1. The summed E-state index contributed by atoms with van der Waals surface area (Å²) in [5.74, 6) is -0.179. The maximum Gasteiger partial charge on any atom is 0.123 e. The third-order valence-corrected chi connectivity index (χ3v) is 3.35. The van der Waals surface area contributed by atoms with E-state index in [2.05, 4.69) is 36.3 Å². The molecule has 1 unspecified atom stereocenters. The molecule has 0 aliphatic heterocycles. The second-order valence-corrected chi connectivity index (χ2v) is 5.29. The molecule has 0 saturated carbocycles. The van der Waals surface area contributed by atoms with Crippen LogP contribution in [0.5, 0.6) is 0 Å². The Morgan fingerprint density at radius 2 is 1.68 bits per heavy atom. The van der Waals surface area contributed by atoms with Gasteiger partial charge in [0.2, 0.25) is 0 Å². The van der Waals surface area contributed by atoms with E-state index in [1.54, 1.807) is 0 Å². The standard InChI is InChI=1S/C15H26FN3/c1-17-15(13-5-7-14(16)8-6-13)9-10-19(4)12-11-18(2)3/h5-8,15,17H,9-12H2,1-4H3. The van der Waals surface area contributed by atoms with Crippen LogP contribution in [0.25, 0.3) is 0 Å². The van der Waals surface area contributed by atoms with E-state index >= 15 is 0 Å². The summed E-state index contributed by atoms with van der Waals surface area (Å²) in [7, 11) is 8.26. The fourth-order valence-corrected chi connectivity index (χ4v) is 2.00. The molecule has 0 aliphatic carbocycles. The maximum absolute atomic E-state index is 12.9. The van der Waals surface area contributed by atoms with E-state index in [1.165, 1.54) is 12.1 Å². The lowest BCUT2D eigenvalue weighted by molar-refractivity contribution is 0.270. The number of nitrogens with zero attached hydrogens (tertiary/aromatic N) is 2. The number of nitrogens with one attached hydrogen (secondary N) is 1. The average Bonchev–Trinajstić information content (AvgIpc) is 2.39. The predicted molar refractivity (Wildman–Crippen MR) is 78.9 cm³/mol. The molecule has 0 aliphatic rings. The molecule has 1 atom stereocenters. The molecule has 0 bridgehead atoms. The quantitative estimate of drug-likeness (QED) is 0.777. The van der Waals surface area contributed by atoms with Crippen LogP contribution in [0, 0.1) is 5.82 Å². The number of hydrogen-bond acceptors (Lipinski definition) is 3.